The number of nitrogens with zero attached hydrogens (tertiary/aromatic N) is 2. The van der Waals surface area contributed by atoms with E-state index in [1.54, 1.807) is 50.5 Å². The number of aromatic nitrogens is 1. The van der Waals surface area contributed by atoms with E-state index in [4.69, 9.17) is 27.9 Å². The summed E-state index contributed by atoms with van der Waals surface area (Å²) in [6.07, 6.45) is 0. The zero-order chi connectivity index (χ0) is 29.5. The van der Waals surface area contributed by atoms with E-state index in [-0.39, 0.29) is 42.4 Å². The maximum absolute atomic E-state index is 12.9. The second-order valence-corrected chi connectivity index (χ2v) is 9.95. The highest BCUT2D eigenvalue weighted by molar-refractivity contribution is 6.38. The molecular formula is C30H29Cl2N5O4. The molecule has 1 aromatic heterocycles. The van der Waals surface area contributed by atoms with Gasteiger partial charge in [-0.2, -0.15) is 0 Å². The van der Waals surface area contributed by atoms with E-state index in [1.807, 2.05) is 37.3 Å². The van der Waals surface area contributed by atoms with Crippen molar-refractivity contribution in [1.29, 1.82) is 0 Å². The smallest absolute Gasteiger partial charge is 0.251 e. The number of ether oxygens (including phenoxy) is 1. The van der Waals surface area contributed by atoms with Crippen molar-refractivity contribution in [1.82, 2.24) is 15.6 Å². The first-order chi connectivity index (χ1) is 19.7. The molecular weight excluding hydrogens is 565 g/mol. The van der Waals surface area contributed by atoms with Gasteiger partial charge in [0, 0.05) is 47.0 Å². The molecule has 11 heteroatoms. The molecule has 0 atom stereocenters. The van der Waals surface area contributed by atoms with E-state index in [0.717, 1.165) is 16.6 Å². The number of para-hydroxylation sites is 1. The Balaban J connectivity index is 1.35. The third kappa shape index (κ3) is 7.25. The molecule has 9 nitrogen and oxygen atoms in total. The number of rotatable bonds is 10. The molecule has 0 bridgehead atoms. The highest BCUT2D eigenvalue weighted by Crippen LogP contribution is 2.35. The van der Waals surface area contributed by atoms with Gasteiger partial charge in [0.05, 0.1) is 23.8 Å². The minimum atomic E-state index is -0.377. The Hall–Kier alpha value is -4.34. The Morgan fingerprint density at radius 1 is 0.951 bits per heavy atom. The lowest BCUT2D eigenvalue weighted by molar-refractivity contribution is -0.123. The molecule has 0 aliphatic rings. The van der Waals surface area contributed by atoms with E-state index in [1.165, 1.54) is 4.90 Å². The molecule has 0 fully saturated rings. The van der Waals surface area contributed by atoms with Gasteiger partial charge in [0.1, 0.15) is 17.9 Å². The molecule has 4 aromatic rings. The van der Waals surface area contributed by atoms with Crippen molar-refractivity contribution in [2.24, 2.45) is 0 Å². The third-order valence-corrected chi connectivity index (χ3v) is 7.14. The van der Waals surface area contributed by atoms with Gasteiger partial charge in [0.15, 0.2) is 0 Å². The first-order valence-corrected chi connectivity index (χ1v) is 13.5. The zero-order valence-corrected chi connectivity index (χ0v) is 24.3. The van der Waals surface area contributed by atoms with Gasteiger partial charge < -0.3 is 25.6 Å². The van der Waals surface area contributed by atoms with Gasteiger partial charge >= 0.3 is 0 Å². The summed E-state index contributed by atoms with van der Waals surface area (Å²) in [6, 6.07) is 19.5. The first kappa shape index (κ1) is 29.6. The Bertz CT molecular complexity index is 1590. The van der Waals surface area contributed by atoms with Crippen LogP contribution in [-0.4, -0.2) is 49.9 Å². The number of anilines is 2. The van der Waals surface area contributed by atoms with Crippen LogP contribution in [0.2, 0.25) is 10.0 Å². The summed E-state index contributed by atoms with van der Waals surface area (Å²) in [6.45, 7) is 1.68. The SMILES string of the molecule is CNC(=O)c1ccc(NCC(=O)NCC(=O)N(C)c2ccc(Cl)c(COc3cccc4ccc(C)nc34)c2Cl)cc1. The van der Waals surface area contributed by atoms with Gasteiger partial charge in [0.25, 0.3) is 5.91 Å². The molecule has 0 saturated carbocycles. The van der Waals surface area contributed by atoms with Gasteiger partial charge in [-0.1, -0.05) is 41.4 Å². The molecule has 3 aromatic carbocycles. The summed E-state index contributed by atoms with van der Waals surface area (Å²) in [4.78, 5) is 42.8. The minimum absolute atomic E-state index is 0.0535. The largest absolute Gasteiger partial charge is 0.487 e. The molecule has 0 aliphatic heterocycles. The van der Waals surface area contributed by atoms with Crippen molar-refractivity contribution in [3.63, 3.8) is 0 Å². The molecule has 0 spiro atoms. The second-order valence-electron chi connectivity index (χ2n) is 9.17. The predicted octanol–water partition coefficient (Wildman–Crippen LogP) is 4.98. The summed E-state index contributed by atoms with van der Waals surface area (Å²) in [7, 11) is 3.12. The lowest BCUT2D eigenvalue weighted by Crippen LogP contribution is -2.40. The fraction of sp³-hybridized carbons (Fsp3) is 0.200. The summed E-state index contributed by atoms with van der Waals surface area (Å²) in [5.74, 6) is -0.364. The average Bonchev–Trinajstić information content (AvgIpc) is 2.98. The zero-order valence-electron chi connectivity index (χ0n) is 22.8. The lowest BCUT2D eigenvalue weighted by Gasteiger charge is -2.21. The molecule has 0 radical (unpaired) electrons. The van der Waals surface area contributed by atoms with Crippen LogP contribution in [0.3, 0.4) is 0 Å². The van der Waals surface area contributed by atoms with Crippen LogP contribution in [0.5, 0.6) is 5.75 Å². The number of carbonyl (C=O) groups is 3. The first-order valence-electron chi connectivity index (χ1n) is 12.7. The number of halogens is 2. The Morgan fingerprint density at radius 2 is 1.71 bits per heavy atom. The van der Waals surface area contributed by atoms with Crippen molar-refractivity contribution in [3.8, 4) is 5.75 Å². The van der Waals surface area contributed by atoms with E-state index in [0.29, 0.717) is 33.3 Å². The van der Waals surface area contributed by atoms with Crippen LogP contribution >= 0.6 is 23.2 Å². The quantitative estimate of drug-likeness (QED) is 0.239. The Kier molecular flexibility index (Phi) is 9.65. The van der Waals surface area contributed by atoms with Gasteiger partial charge in [-0.3, -0.25) is 14.4 Å². The van der Waals surface area contributed by atoms with Crippen molar-refractivity contribution in [3.05, 3.63) is 93.6 Å². The molecule has 0 unspecified atom stereocenters. The van der Waals surface area contributed by atoms with E-state index in [2.05, 4.69) is 20.9 Å². The van der Waals surface area contributed by atoms with Gasteiger partial charge in [0.2, 0.25) is 11.8 Å². The number of likely N-dealkylation sites (N-methyl/N-ethyl adjacent to an activating group) is 1. The molecule has 1 heterocycles. The van der Waals surface area contributed by atoms with E-state index < -0.39 is 0 Å². The predicted molar refractivity (Wildman–Crippen MR) is 162 cm³/mol. The molecule has 41 heavy (non-hydrogen) atoms. The number of aryl methyl sites for hydroxylation is 1. The van der Waals surface area contributed by atoms with Crippen molar-refractivity contribution >= 4 is 63.2 Å². The molecule has 212 valence electrons. The van der Waals surface area contributed by atoms with Crippen molar-refractivity contribution in [2.75, 3.05) is 37.4 Å². The summed E-state index contributed by atoms with van der Waals surface area (Å²) < 4.78 is 6.06. The number of hydrogen-bond acceptors (Lipinski definition) is 6. The number of amides is 3. The topological polar surface area (TPSA) is 113 Å². The van der Waals surface area contributed by atoms with Crippen LogP contribution in [0.1, 0.15) is 21.6 Å². The van der Waals surface area contributed by atoms with Crippen LogP contribution < -0.4 is 25.6 Å². The normalized spacial score (nSPS) is 10.7. The van der Waals surface area contributed by atoms with Gasteiger partial charge in [-0.15, -0.1) is 0 Å². The Labute approximate surface area is 247 Å². The van der Waals surface area contributed by atoms with Crippen molar-refractivity contribution < 1.29 is 19.1 Å². The molecule has 3 N–H and O–H groups in total. The highest BCUT2D eigenvalue weighted by Gasteiger charge is 2.19. The summed E-state index contributed by atoms with van der Waals surface area (Å²) >= 11 is 13.1. The average molecular weight is 594 g/mol. The Morgan fingerprint density at radius 3 is 2.44 bits per heavy atom. The fourth-order valence-electron chi connectivity index (χ4n) is 4.02. The minimum Gasteiger partial charge on any atom is -0.487 e. The van der Waals surface area contributed by atoms with E-state index >= 15 is 0 Å². The summed E-state index contributed by atoms with van der Waals surface area (Å²) in [5, 5.41) is 9.71. The number of fused-ring (bicyclic) bond motifs is 1. The maximum Gasteiger partial charge on any atom is 0.251 e. The monoisotopic (exact) mass is 593 g/mol. The van der Waals surface area contributed by atoms with E-state index in [9.17, 15) is 14.4 Å². The highest BCUT2D eigenvalue weighted by atomic mass is 35.5. The van der Waals surface area contributed by atoms with Crippen LogP contribution in [0.15, 0.2) is 66.7 Å². The number of hydrogen-bond donors (Lipinski definition) is 3. The van der Waals surface area contributed by atoms with Gasteiger partial charge in [-0.25, -0.2) is 4.98 Å². The molecule has 0 saturated heterocycles. The standard InChI is InChI=1S/C30H29Cl2N5O4/c1-18-7-8-19-5-4-6-25(29(19)36-18)41-17-22-23(31)13-14-24(28(22)32)37(3)27(39)16-35-26(38)15-34-21-11-9-20(10-12-21)30(40)33-2/h4-14,34H,15-17H2,1-3H3,(H,33,40)(H,35,38). The van der Waals surface area contributed by atoms with Crippen molar-refractivity contribution in [2.45, 2.75) is 13.5 Å². The number of benzene rings is 3. The number of carbonyl (C=O) groups excluding carboxylic acids is 3. The second kappa shape index (κ2) is 13.3. The van der Waals surface area contributed by atoms with Crippen LogP contribution in [0, 0.1) is 6.92 Å². The number of pyridine rings is 1. The van der Waals surface area contributed by atoms with Crippen LogP contribution in [0.4, 0.5) is 11.4 Å². The fourth-order valence-corrected chi connectivity index (χ4v) is 4.62. The summed E-state index contributed by atoms with van der Waals surface area (Å²) in [5.41, 5.74) is 3.71. The molecule has 4 rings (SSSR count). The van der Waals surface area contributed by atoms with Crippen LogP contribution in [0.25, 0.3) is 10.9 Å². The molecule has 0 aliphatic carbocycles. The van der Waals surface area contributed by atoms with Crippen LogP contribution in [-0.2, 0) is 16.2 Å². The third-order valence-electron chi connectivity index (χ3n) is 6.36. The molecule has 3 amide bonds. The van der Waals surface area contributed by atoms with Gasteiger partial charge in [-0.05, 0) is 55.5 Å². The lowest BCUT2D eigenvalue weighted by atomic mass is 10.1. The maximum atomic E-state index is 12.9. The number of nitrogens with one attached hydrogen (secondary N) is 3.